The van der Waals surface area contributed by atoms with Crippen molar-refractivity contribution in [3.8, 4) is 79.4 Å². The van der Waals surface area contributed by atoms with Crippen LogP contribution in [-0.4, -0.2) is 63.0 Å². The Morgan fingerprint density at radius 1 is 0.495 bits per heavy atom. The van der Waals surface area contributed by atoms with Crippen LogP contribution in [-0.2, 0) is 54.7 Å². The van der Waals surface area contributed by atoms with Crippen molar-refractivity contribution >= 4 is 54.0 Å². The van der Waals surface area contributed by atoms with E-state index < -0.39 is 15.6 Å². The molecule has 0 saturated carbocycles. The quantitative estimate of drug-likeness (QED) is 0.0583. The van der Waals surface area contributed by atoms with E-state index in [0.717, 1.165) is 113 Å². The van der Waals surface area contributed by atoms with E-state index in [-0.39, 0.29) is 54.2 Å². The van der Waals surface area contributed by atoms with E-state index in [1.807, 2.05) is 232 Å². The molecule has 0 unspecified atom stereocenters. The molecule has 8 aromatic carbocycles. The second-order valence-electron chi connectivity index (χ2n) is 19.9. The zero-order chi connectivity index (χ0) is 67.0. The number of nitrogens with zero attached hydrogens (tertiary/aromatic N) is 6. The van der Waals surface area contributed by atoms with Crippen LogP contribution >= 0.6 is 0 Å². The first kappa shape index (κ1) is 77.5. The van der Waals surface area contributed by atoms with Crippen molar-refractivity contribution in [3.63, 3.8) is 0 Å². The molecule has 14 aromatic rings. The third-order valence-corrected chi connectivity index (χ3v) is 14.4. The van der Waals surface area contributed by atoms with Crippen molar-refractivity contribution in [2.45, 2.75) is 26.3 Å². The summed E-state index contributed by atoms with van der Waals surface area (Å²) in [7, 11) is -4.78. The molecule has 2 radical (unpaired) electrons. The first-order valence-corrected chi connectivity index (χ1v) is 30.2. The first-order valence-electron chi connectivity index (χ1n) is 28.8. The van der Waals surface area contributed by atoms with Gasteiger partial charge in [0, 0.05) is 112 Å². The van der Waals surface area contributed by atoms with Gasteiger partial charge in [-0.15, -0.1) is 94.3 Å². The molecule has 0 bridgehead atoms. The van der Waals surface area contributed by atoms with Crippen molar-refractivity contribution in [2.75, 3.05) is 13.7 Å². The number of furan rings is 2. The minimum Gasteiger partial charge on any atom is -0.500 e. The number of para-hydroxylation sites is 1. The van der Waals surface area contributed by atoms with Crippen LogP contribution < -0.4 is 0 Å². The summed E-state index contributed by atoms with van der Waals surface area (Å²) in [6, 6.07) is 87.0. The second kappa shape index (κ2) is 37.8. The van der Waals surface area contributed by atoms with Gasteiger partial charge in [-0.1, -0.05) is 132 Å². The third-order valence-electron chi connectivity index (χ3n) is 13.7. The number of aliphatic hydroxyl groups excluding tert-OH is 2. The summed E-state index contributed by atoms with van der Waals surface area (Å²) in [5.41, 5.74) is 12.0. The van der Waals surface area contributed by atoms with Gasteiger partial charge in [-0.3, -0.25) is 4.98 Å². The van der Waals surface area contributed by atoms with Crippen LogP contribution in [0.4, 0.5) is 13.2 Å². The molecule has 0 aliphatic rings. The number of alkyl halides is 3. The molecular weight excluding hydrogens is 1610 g/mol. The number of fused-ring (bicyclic) bond motifs is 6. The zero-order valence-corrected chi connectivity index (χ0v) is 58.3. The first-order chi connectivity index (χ1) is 45.7. The molecule has 0 spiro atoms. The number of pyridine rings is 4. The summed E-state index contributed by atoms with van der Waals surface area (Å²) in [4.78, 5) is 17.5. The maximum absolute atomic E-state index is 11.0. The SMILES string of the molecule is CCO.CO.Cc1ccc(-c2[c-]cccc2)nc1.Cc1ccc(-c2[c-]cccc2)nc1.N#Cc1ccc2c(oc3c(-c4ccccn4)[c-]ccc32)c1-c1ccccc1.N#Cc1ccc2c(oc3c(-c4ccccn4)cccc32)c1-c1ccccc1.O=S(=O)(OO)C(F)(F)F.[CH3-].[Ir].[Ir]. The number of aliphatic hydroxyl groups is 2. The summed E-state index contributed by atoms with van der Waals surface area (Å²) in [5, 5.41) is 45.0. The Hall–Kier alpha value is -10.2. The van der Waals surface area contributed by atoms with Crippen LogP contribution in [0.2, 0.25) is 0 Å². The van der Waals surface area contributed by atoms with Crippen molar-refractivity contribution in [1.82, 2.24) is 19.9 Å². The van der Waals surface area contributed by atoms with Gasteiger partial charge >= 0.3 is 15.6 Å². The number of halogens is 3. The Balaban J connectivity index is 0.000000226. The molecule has 0 amide bonds. The van der Waals surface area contributed by atoms with Gasteiger partial charge in [0.25, 0.3) is 0 Å². The van der Waals surface area contributed by atoms with Crippen LogP contribution in [0.1, 0.15) is 29.2 Å². The summed E-state index contributed by atoms with van der Waals surface area (Å²) in [6.07, 6.45) is 7.28. The molecule has 0 saturated heterocycles. The van der Waals surface area contributed by atoms with Gasteiger partial charge in [-0.2, -0.15) is 32.1 Å². The molecule has 0 fully saturated rings. The fourth-order valence-electron chi connectivity index (χ4n) is 9.46. The van der Waals surface area contributed by atoms with Crippen molar-refractivity contribution in [1.29, 1.82) is 10.5 Å². The molecule has 0 aliphatic carbocycles. The van der Waals surface area contributed by atoms with Crippen LogP contribution in [0.25, 0.3) is 111 Å². The minimum absolute atomic E-state index is 0. The van der Waals surface area contributed by atoms with E-state index in [2.05, 4.69) is 72.8 Å². The Morgan fingerprint density at radius 3 is 1.32 bits per heavy atom. The largest absolute Gasteiger partial charge is 0.525 e. The van der Waals surface area contributed by atoms with Crippen LogP contribution in [0, 0.1) is 62.1 Å². The summed E-state index contributed by atoms with van der Waals surface area (Å²) >= 11 is 0. The van der Waals surface area contributed by atoms with Gasteiger partial charge in [0.05, 0.1) is 34.5 Å². The van der Waals surface area contributed by atoms with Gasteiger partial charge in [-0.05, 0) is 103 Å². The van der Waals surface area contributed by atoms with E-state index in [4.69, 9.17) is 24.3 Å². The van der Waals surface area contributed by atoms with Gasteiger partial charge < -0.3 is 41.4 Å². The number of nitriles is 2. The van der Waals surface area contributed by atoms with Crippen LogP contribution in [0.3, 0.4) is 0 Å². The molecule has 6 heterocycles. The van der Waals surface area contributed by atoms with Gasteiger partial charge in [0.1, 0.15) is 16.7 Å². The molecule has 97 heavy (non-hydrogen) atoms. The van der Waals surface area contributed by atoms with Gasteiger partial charge in [-0.25, -0.2) is 5.26 Å². The number of hydrogen-bond donors (Lipinski definition) is 3. The number of benzene rings is 8. The standard InChI is InChI=1S/C24H14N2O.C24H13N2O.2C12H10N.C2H6O.CHF3O4S.CH4O.CH3.2Ir/c2*25-15-17-12-13-19-18-9-6-10-20(21-11-4-5-14-26-21)23(18)27-24(19)22(17)16-7-2-1-3-8-16;2*1-10-7-8-12(13-9-10)11-5-3-2-4-6-11;1-2-3;2-1(3,4)9(6,7)8-5;1-2;;;/h1-14H;1-9,11-14H;2*2-5,7-9H,1H3;3H,2H2,1H3;5H;2H,1H3;1H3;;/q;3*-1;;;;-1;;. The number of aromatic nitrogens is 4. The predicted molar refractivity (Wildman–Crippen MR) is 366 cm³/mol. The van der Waals surface area contributed by atoms with Crippen molar-refractivity contribution in [2.24, 2.45) is 0 Å². The fraction of sp³-hybridized carbons (Fsp3) is 0.0779. The molecular formula is C77H61F3Ir2N6O8S-4. The average molecular weight is 1670 g/mol. The van der Waals surface area contributed by atoms with Crippen molar-refractivity contribution in [3.05, 3.63) is 297 Å². The molecule has 496 valence electrons. The van der Waals surface area contributed by atoms with Gasteiger partial charge in [0.15, 0.2) is 0 Å². The number of aryl methyl sites for hydroxylation is 2. The van der Waals surface area contributed by atoms with E-state index >= 15 is 0 Å². The monoisotopic (exact) mass is 1670 g/mol. The maximum Gasteiger partial charge on any atom is 0.525 e. The Labute approximate surface area is 587 Å². The van der Waals surface area contributed by atoms with Crippen LogP contribution in [0.5, 0.6) is 0 Å². The molecule has 20 heteroatoms. The molecule has 14 nitrogen and oxygen atoms in total. The average Bonchev–Trinajstić information content (AvgIpc) is 1.62. The summed E-state index contributed by atoms with van der Waals surface area (Å²) in [6.45, 7) is 6.00. The molecule has 0 aliphatic heterocycles. The van der Waals surface area contributed by atoms with Crippen molar-refractivity contribution < 1.29 is 90.4 Å². The smallest absolute Gasteiger partial charge is 0.500 e. The van der Waals surface area contributed by atoms with E-state index in [1.165, 1.54) is 11.1 Å². The van der Waals surface area contributed by atoms with Crippen LogP contribution in [0.15, 0.2) is 258 Å². The number of rotatable bonds is 7. The van der Waals surface area contributed by atoms with E-state index in [9.17, 15) is 32.1 Å². The Bertz CT molecular complexity index is 4650. The van der Waals surface area contributed by atoms with Gasteiger partial charge in [0.2, 0.25) is 0 Å². The van der Waals surface area contributed by atoms with E-state index in [0.29, 0.717) is 16.7 Å². The molecule has 3 N–H and O–H groups in total. The topological polar surface area (TPSA) is 229 Å². The fourth-order valence-corrected chi connectivity index (χ4v) is 9.55. The maximum atomic E-state index is 11.0. The molecule has 0 atom stereocenters. The zero-order valence-electron chi connectivity index (χ0n) is 52.7. The van der Waals surface area contributed by atoms with E-state index in [1.54, 1.807) is 19.3 Å². The third kappa shape index (κ3) is 19.5. The normalized spacial score (nSPS) is 10.3. The predicted octanol–water partition coefficient (Wildman–Crippen LogP) is 18.3. The Kier molecular flexibility index (Phi) is 30.2. The minimum atomic E-state index is -5.78. The Morgan fingerprint density at radius 2 is 0.928 bits per heavy atom. The second-order valence-corrected chi connectivity index (χ2v) is 21.4. The summed E-state index contributed by atoms with van der Waals surface area (Å²) < 4.78 is 66.6. The molecule has 6 aromatic heterocycles. The molecule has 14 rings (SSSR count). The number of hydrogen-bond acceptors (Lipinski definition) is 14. The summed E-state index contributed by atoms with van der Waals surface area (Å²) in [5.74, 6) is 0.